The summed E-state index contributed by atoms with van der Waals surface area (Å²) in [6.45, 7) is 2.70. The molecule has 1 atom stereocenters. The zero-order valence-corrected chi connectivity index (χ0v) is 15.4. The molecule has 6 heteroatoms. The van der Waals surface area contributed by atoms with E-state index in [4.69, 9.17) is 9.26 Å². The summed E-state index contributed by atoms with van der Waals surface area (Å²) in [6.07, 6.45) is 6.47. The third-order valence-corrected chi connectivity index (χ3v) is 5.64. The number of hydrogen-bond donors (Lipinski definition) is 0. The fraction of sp³-hybridized carbons (Fsp3) is 0.550. The summed E-state index contributed by atoms with van der Waals surface area (Å²) in [6, 6.07) is 6.16. The molecule has 2 aliphatic rings. The molecule has 0 unspecified atom stereocenters. The van der Waals surface area contributed by atoms with Crippen LogP contribution in [0.2, 0.25) is 0 Å². The lowest BCUT2D eigenvalue weighted by Crippen LogP contribution is -2.37. The molecule has 0 spiro atoms. The van der Waals surface area contributed by atoms with Crippen LogP contribution in [0, 0.1) is 6.92 Å². The molecular weight excluding hydrogens is 330 g/mol. The highest BCUT2D eigenvalue weighted by atomic mass is 16.5. The maximum atomic E-state index is 12.5. The lowest BCUT2D eigenvalue weighted by molar-refractivity contribution is -0.130. The molecule has 0 radical (unpaired) electrons. The first-order valence-corrected chi connectivity index (χ1v) is 9.44. The number of benzene rings is 1. The van der Waals surface area contributed by atoms with Gasteiger partial charge in [-0.3, -0.25) is 4.79 Å². The highest BCUT2D eigenvalue weighted by molar-refractivity contribution is 5.80. The number of amides is 1. The Morgan fingerprint density at radius 3 is 2.77 bits per heavy atom. The van der Waals surface area contributed by atoms with Crippen LogP contribution in [0.4, 0.5) is 0 Å². The lowest BCUT2D eigenvalue weighted by Gasteiger charge is -2.31. The molecule has 0 bridgehead atoms. The second-order valence-corrected chi connectivity index (χ2v) is 7.38. The van der Waals surface area contributed by atoms with Crippen LogP contribution in [0.25, 0.3) is 11.5 Å². The Bertz CT molecular complexity index is 795. The Kier molecular flexibility index (Phi) is 4.66. The smallest absolute Gasteiger partial charge is 0.258 e. The fourth-order valence-electron chi connectivity index (χ4n) is 4.16. The van der Waals surface area contributed by atoms with Crippen molar-refractivity contribution in [1.29, 1.82) is 0 Å². The van der Waals surface area contributed by atoms with Crippen molar-refractivity contribution in [1.82, 2.24) is 15.0 Å². The van der Waals surface area contributed by atoms with E-state index >= 15 is 0 Å². The number of methoxy groups -OCH3 is 1. The molecule has 1 saturated carbocycles. The van der Waals surface area contributed by atoms with Gasteiger partial charge >= 0.3 is 0 Å². The van der Waals surface area contributed by atoms with Gasteiger partial charge in [0.05, 0.1) is 7.11 Å². The maximum absolute atomic E-state index is 12.5. The monoisotopic (exact) mass is 355 g/mol. The van der Waals surface area contributed by atoms with Crippen molar-refractivity contribution in [2.45, 2.75) is 57.4 Å². The van der Waals surface area contributed by atoms with Crippen molar-refractivity contribution in [2.24, 2.45) is 0 Å². The van der Waals surface area contributed by atoms with Crippen LogP contribution < -0.4 is 4.74 Å². The fourth-order valence-corrected chi connectivity index (χ4v) is 4.16. The number of carbonyl (C=O) groups excluding carboxylic acids is 1. The number of nitrogens with zero attached hydrogens (tertiary/aromatic N) is 3. The normalized spacial score (nSPS) is 21.4. The van der Waals surface area contributed by atoms with Crippen molar-refractivity contribution in [3.05, 3.63) is 29.6 Å². The van der Waals surface area contributed by atoms with Gasteiger partial charge in [0.2, 0.25) is 5.91 Å². The number of hydrogen-bond acceptors (Lipinski definition) is 5. The van der Waals surface area contributed by atoms with Gasteiger partial charge in [-0.25, -0.2) is 0 Å². The molecule has 1 saturated heterocycles. The van der Waals surface area contributed by atoms with Gasteiger partial charge < -0.3 is 14.2 Å². The number of aromatic nitrogens is 2. The van der Waals surface area contributed by atoms with Crippen LogP contribution >= 0.6 is 0 Å². The van der Waals surface area contributed by atoms with Crippen LogP contribution in [-0.4, -0.2) is 40.6 Å². The molecule has 1 aromatic heterocycles. The SMILES string of the molecule is COc1ccc(-c2nc([C@@H]3CC(=O)N(C4CCCCC4)C3)no2)c(C)c1. The average Bonchev–Trinajstić information content (AvgIpc) is 3.29. The van der Waals surface area contributed by atoms with E-state index in [-0.39, 0.29) is 11.8 Å². The Morgan fingerprint density at radius 2 is 2.04 bits per heavy atom. The predicted octanol–water partition coefficient (Wildman–Crippen LogP) is 3.70. The Labute approximate surface area is 153 Å². The molecular formula is C20H25N3O3. The molecule has 4 rings (SSSR count). The lowest BCUT2D eigenvalue weighted by atomic mass is 9.94. The maximum Gasteiger partial charge on any atom is 0.258 e. The van der Waals surface area contributed by atoms with Gasteiger partial charge in [-0.05, 0) is 43.5 Å². The first-order chi connectivity index (χ1) is 12.7. The second kappa shape index (κ2) is 7.09. The van der Waals surface area contributed by atoms with Crippen molar-refractivity contribution in [3.63, 3.8) is 0 Å². The van der Waals surface area contributed by atoms with E-state index in [1.54, 1.807) is 7.11 Å². The van der Waals surface area contributed by atoms with Crippen LogP contribution in [0.15, 0.2) is 22.7 Å². The van der Waals surface area contributed by atoms with Crippen LogP contribution in [0.3, 0.4) is 0 Å². The van der Waals surface area contributed by atoms with Crippen LogP contribution in [0.1, 0.15) is 55.8 Å². The molecule has 26 heavy (non-hydrogen) atoms. The van der Waals surface area contributed by atoms with Crippen molar-refractivity contribution < 1.29 is 14.1 Å². The van der Waals surface area contributed by atoms with Crippen LogP contribution in [0.5, 0.6) is 5.75 Å². The van der Waals surface area contributed by atoms with Crippen molar-refractivity contribution in [2.75, 3.05) is 13.7 Å². The van der Waals surface area contributed by atoms with E-state index in [1.807, 2.05) is 25.1 Å². The van der Waals surface area contributed by atoms with Crippen molar-refractivity contribution in [3.8, 4) is 17.2 Å². The molecule has 6 nitrogen and oxygen atoms in total. The van der Waals surface area contributed by atoms with Gasteiger partial charge in [0.15, 0.2) is 5.82 Å². The molecule has 0 N–H and O–H groups in total. The third kappa shape index (κ3) is 3.20. The molecule has 2 heterocycles. The Morgan fingerprint density at radius 1 is 1.23 bits per heavy atom. The van der Waals surface area contributed by atoms with Gasteiger partial charge in [0.1, 0.15) is 5.75 Å². The molecule has 2 aromatic rings. The Hall–Kier alpha value is -2.37. The number of carbonyl (C=O) groups is 1. The van der Waals surface area contributed by atoms with Crippen molar-refractivity contribution >= 4 is 5.91 Å². The van der Waals surface area contributed by atoms with E-state index in [9.17, 15) is 4.79 Å². The number of aryl methyl sites for hydroxylation is 1. The van der Waals surface area contributed by atoms with Gasteiger partial charge in [0, 0.05) is 30.5 Å². The summed E-state index contributed by atoms with van der Waals surface area (Å²) in [4.78, 5) is 19.1. The largest absolute Gasteiger partial charge is 0.497 e. The zero-order valence-electron chi connectivity index (χ0n) is 15.4. The van der Waals surface area contributed by atoms with Gasteiger partial charge in [-0.15, -0.1) is 0 Å². The van der Waals surface area contributed by atoms with Gasteiger partial charge in [-0.1, -0.05) is 24.4 Å². The summed E-state index contributed by atoms with van der Waals surface area (Å²) < 4.78 is 10.7. The number of rotatable bonds is 4. The molecule has 1 aliphatic carbocycles. The third-order valence-electron chi connectivity index (χ3n) is 5.64. The van der Waals surface area contributed by atoms with E-state index in [0.29, 0.717) is 30.7 Å². The molecule has 2 fully saturated rings. The van der Waals surface area contributed by atoms with E-state index in [0.717, 1.165) is 29.7 Å². The summed E-state index contributed by atoms with van der Waals surface area (Å²) >= 11 is 0. The number of likely N-dealkylation sites (tertiary alicyclic amines) is 1. The molecule has 138 valence electrons. The van der Waals surface area contributed by atoms with E-state index in [2.05, 4.69) is 15.0 Å². The highest BCUT2D eigenvalue weighted by Gasteiger charge is 2.37. The molecule has 1 aliphatic heterocycles. The van der Waals surface area contributed by atoms with Crippen LogP contribution in [-0.2, 0) is 4.79 Å². The Balaban J connectivity index is 1.50. The summed E-state index contributed by atoms with van der Waals surface area (Å²) in [5.41, 5.74) is 1.92. The zero-order chi connectivity index (χ0) is 18.1. The minimum Gasteiger partial charge on any atom is -0.497 e. The first kappa shape index (κ1) is 17.1. The van der Waals surface area contributed by atoms with Gasteiger partial charge in [0.25, 0.3) is 5.89 Å². The molecule has 1 amide bonds. The minimum atomic E-state index is 0.0282. The van der Waals surface area contributed by atoms with E-state index < -0.39 is 0 Å². The summed E-state index contributed by atoms with van der Waals surface area (Å²) in [5, 5.41) is 4.18. The van der Waals surface area contributed by atoms with E-state index in [1.165, 1.54) is 19.3 Å². The highest BCUT2D eigenvalue weighted by Crippen LogP contribution is 2.34. The molecule has 1 aromatic carbocycles. The number of ether oxygens (including phenoxy) is 1. The summed E-state index contributed by atoms with van der Waals surface area (Å²) in [5.74, 6) is 2.20. The predicted molar refractivity (Wildman–Crippen MR) is 97.0 cm³/mol. The first-order valence-electron chi connectivity index (χ1n) is 9.44. The van der Waals surface area contributed by atoms with Gasteiger partial charge in [-0.2, -0.15) is 4.98 Å². The second-order valence-electron chi connectivity index (χ2n) is 7.38. The standard InChI is InChI=1S/C20H25N3O3/c1-13-10-16(25-2)8-9-17(13)20-21-19(22-26-20)14-11-18(24)23(12-14)15-6-4-3-5-7-15/h8-10,14-15H,3-7,11-12H2,1-2H3/t14-/m1/s1. The summed E-state index contributed by atoms with van der Waals surface area (Å²) in [7, 11) is 1.65. The topological polar surface area (TPSA) is 68.5 Å². The quantitative estimate of drug-likeness (QED) is 0.836. The average molecular weight is 355 g/mol. The minimum absolute atomic E-state index is 0.0282.